The van der Waals surface area contributed by atoms with Crippen LogP contribution in [0.15, 0.2) is 0 Å². The van der Waals surface area contributed by atoms with Crippen molar-refractivity contribution in [3.63, 3.8) is 0 Å². The van der Waals surface area contributed by atoms with Crippen molar-refractivity contribution in [2.24, 2.45) is 0 Å². The molecule has 0 aromatic rings. The minimum absolute atomic E-state index is 0.0350. The number of amides is 1. The zero-order chi connectivity index (χ0) is 12.2. The molecule has 0 bridgehead atoms. The highest BCUT2D eigenvalue weighted by molar-refractivity contribution is 5.76. The Morgan fingerprint density at radius 2 is 2.38 bits per heavy atom. The predicted octanol–water partition coefficient (Wildman–Crippen LogP) is 0.398. The van der Waals surface area contributed by atoms with Crippen molar-refractivity contribution >= 4 is 5.91 Å². The number of aliphatic hydroxyl groups excluding tert-OH is 1. The molecule has 1 aliphatic rings. The molecule has 1 amide bonds. The number of nitrogens with zero attached hydrogens (tertiary/aromatic N) is 1. The van der Waals surface area contributed by atoms with Gasteiger partial charge in [-0.3, -0.25) is 4.79 Å². The molecule has 90 valence electrons. The molecule has 1 fully saturated rings. The third kappa shape index (κ3) is 3.51. The molecule has 4 nitrogen and oxygen atoms in total. The van der Waals surface area contributed by atoms with Crippen LogP contribution in [0.1, 0.15) is 26.7 Å². The van der Waals surface area contributed by atoms with Gasteiger partial charge in [-0.1, -0.05) is 0 Å². The Kier molecular flexibility index (Phi) is 4.34. The summed E-state index contributed by atoms with van der Waals surface area (Å²) in [5, 5.41) is 9.10. The number of aliphatic hydroxyl groups is 1. The van der Waals surface area contributed by atoms with Gasteiger partial charge in [0.1, 0.15) is 0 Å². The molecule has 1 aliphatic heterocycles. The van der Waals surface area contributed by atoms with E-state index in [4.69, 9.17) is 16.3 Å². The van der Waals surface area contributed by atoms with Crippen molar-refractivity contribution < 1.29 is 14.6 Å². The zero-order valence-corrected chi connectivity index (χ0v) is 9.90. The largest absolute Gasteiger partial charge is 0.394 e. The molecule has 1 unspecified atom stereocenters. The zero-order valence-electron chi connectivity index (χ0n) is 9.90. The van der Waals surface area contributed by atoms with Gasteiger partial charge in [0.15, 0.2) is 0 Å². The summed E-state index contributed by atoms with van der Waals surface area (Å²) < 4.78 is 5.62. The summed E-state index contributed by atoms with van der Waals surface area (Å²) in [4.78, 5) is 13.5. The van der Waals surface area contributed by atoms with Crippen LogP contribution in [0.3, 0.4) is 0 Å². The number of carbonyl (C=O) groups is 1. The second-order valence-electron chi connectivity index (χ2n) is 4.66. The molecule has 1 atom stereocenters. The summed E-state index contributed by atoms with van der Waals surface area (Å²) in [7, 11) is 0. The van der Waals surface area contributed by atoms with E-state index >= 15 is 0 Å². The first-order valence-corrected chi connectivity index (χ1v) is 5.48. The van der Waals surface area contributed by atoms with E-state index in [2.05, 4.69) is 5.92 Å². The quantitative estimate of drug-likeness (QED) is 0.707. The molecular formula is C12H19NO3. The molecule has 16 heavy (non-hydrogen) atoms. The van der Waals surface area contributed by atoms with Crippen molar-refractivity contribution in [1.82, 2.24) is 4.90 Å². The van der Waals surface area contributed by atoms with Crippen molar-refractivity contribution in [3.8, 4) is 12.3 Å². The highest BCUT2D eigenvalue weighted by atomic mass is 16.5. The van der Waals surface area contributed by atoms with Gasteiger partial charge in [-0.15, -0.1) is 12.3 Å². The molecule has 0 aliphatic carbocycles. The van der Waals surface area contributed by atoms with Crippen LogP contribution >= 0.6 is 0 Å². The Labute approximate surface area is 96.6 Å². The number of hydrogen-bond acceptors (Lipinski definition) is 3. The van der Waals surface area contributed by atoms with Crippen molar-refractivity contribution in [1.29, 1.82) is 0 Å². The van der Waals surface area contributed by atoms with E-state index in [1.165, 1.54) is 0 Å². The van der Waals surface area contributed by atoms with Crippen LogP contribution in [0, 0.1) is 12.3 Å². The van der Waals surface area contributed by atoms with E-state index in [9.17, 15) is 4.79 Å². The first kappa shape index (κ1) is 13.0. The SMILES string of the molecule is C#CCCC(=O)N1CC(CO)OC(C)(C)C1. The van der Waals surface area contributed by atoms with Crippen LogP contribution in [-0.2, 0) is 9.53 Å². The maximum Gasteiger partial charge on any atom is 0.223 e. The predicted molar refractivity (Wildman–Crippen MR) is 60.7 cm³/mol. The van der Waals surface area contributed by atoms with Gasteiger partial charge in [-0.05, 0) is 13.8 Å². The van der Waals surface area contributed by atoms with Gasteiger partial charge in [0.25, 0.3) is 0 Å². The van der Waals surface area contributed by atoms with E-state index in [1.54, 1.807) is 4.90 Å². The lowest BCUT2D eigenvalue weighted by Crippen LogP contribution is -2.55. The first-order chi connectivity index (χ1) is 7.48. The average molecular weight is 225 g/mol. The number of rotatable bonds is 3. The van der Waals surface area contributed by atoms with Gasteiger partial charge in [0.2, 0.25) is 5.91 Å². The molecule has 1 rings (SSSR count). The maximum atomic E-state index is 11.8. The number of terminal acetylenes is 1. The summed E-state index contributed by atoms with van der Waals surface area (Å²) in [5.41, 5.74) is -0.405. The fourth-order valence-electron chi connectivity index (χ4n) is 1.92. The fourth-order valence-corrected chi connectivity index (χ4v) is 1.92. The highest BCUT2D eigenvalue weighted by Gasteiger charge is 2.34. The van der Waals surface area contributed by atoms with Gasteiger partial charge in [-0.25, -0.2) is 0 Å². The fraction of sp³-hybridized carbons (Fsp3) is 0.750. The van der Waals surface area contributed by atoms with Crippen molar-refractivity contribution in [2.75, 3.05) is 19.7 Å². The second-order valence-corrected chi connectivity index (χ2v) is 4.66. The van der Waals surface area contributed by atoms with Gasteiger partial charge in [0.05, 0.1) is 18.3 Å². The second kappa shape index (κ2) is 5.33. The third-order valence-electron chi connectivity index (χ3n) is 2.52. The molecule has 0 spiro atoms. The highest BCUT2D eigenvalue weighted by Crippen LogP contribution is 2.21. The molecular weight excluding hydrogens is 206 g/mol. The van der Waals surface area contributed by atoms with Crippen molar-refractivity contribution in [2.45, 2.75) is 38.4 Å². The summed E-state index contributed by atoms with van der Waals surface area (Å²) in [6.45, 7) is 4.76. The minimum atomic E-state index is -0.405. The Morgan fingerprint density at radius 1 is 1.69 bits per heavy atom. The van der Waals surface area contributed by atoms with E-state index in [0.29, 0.717) is 25.9 Å². The molecule has 1 saturated heterocycles. The molecule has 0 aromatic carbocycles. The van der Waals surface area contributed by atoms with Crippen LogP contribution in [-0.4, -0.2) is 47.3 Å². The monoisotopic (exact) mass is 225 g/mol. The summed E-state index contributed by atoms with van der Waals surface area (Å²) >= 11 is 0. The third-order valence-corrected chi connectivity index (χ3v) is 2.52. The molecule has 1 heterocycles. The van der Waals surface area contributed by atoms with Crippen LogP contribution < -0.4 is 0 Å². The molecule has 0 saturated carbocycles. The topological polar surface area (TPSA) is 49.8 Å². The van der Waals surface area contributed by atoms with E-state index in [1.807, 2.05) is 13.8 Å². The maximum absolute atomic E-state index is 11.8. The van der Waals surface area contributed by atoms with Crippen LogP contribution in [0.4, 0.5) is 0 Å². The Hall–Kier alpha value is -1.05. The summed E-state index contributed by atoms with van der Waals surface area (Å²) in [5.74, 6) is 2.49. The summed E-state index contributed by atoms with van der Waals surface area (Å²) in [6, 6.07) is 0. The molecule has 0 aromatic heterocycles. The number of hydrogen-bond donors (Lipinski definition) is 1. The van der Waals surface area contributed by atoms with E-state index < -0.39 is 5.60 Å². The lowest BCUT2D eigenvalue weighted by Gasteiger charge is -2.42. The van der Waals surface area contributed by atoms with Crippen LogP contribution in [0.2, 0.25) is 0 Å². The van der Waals surface area contributed by atoms with Gasteiger partial charge in [0, 0.05) is 25.9 Å². The van der Waals surface area contributed by atoms with Gasteiger partial charge < -0.3 is 14.7 Å². The number of carbonyl (C=O) groups excluding carboxylic acids is 1. The van der Waals surface area contributed by atoms with Crippen molar-refractivity contribution in [3.05, 3.63) is 0 Å². The van der Waals surface area contributed by atoms with Crippen LogP contribution in [0.5, 0.6) is 0 Å². The van der Waals surface area contributed by atoms with E-state index in [0.717, 1.165) is 0 Å². The number of ether oxygens (including phenoxy) is 1. The van der Waals surface area contributed by atoms with Gasteiger partial charge in [-0.2, -0.15) is 0 Å². The standard InChI is InChI=1S/C12H19NO3/c1-4-5-6-11(15)13-7-10(8-14)16-12(2,3)9-13/h1,10,14H,5-9H2,2-3H3. The Bertz CT molecular complexity index is 293. The Balaban J connectivity index is 2.59. The van der Waals surface area contributed by atoms with Gasteiger partial charge >= 0.3 is 0 Å². The normalized spacial score (nSPS) is 23.9. The van der Waals surface area contributed by atoms with Crippen LogP contribution in [0.25, 0.3) is 0 Å². The smallest absolute Gasteiger partial charge is 0.223 e. The van der Waals surface area contributed by atoms with E-state index in [-0.39, 0.29) is 18.6 Å². The molecule has 0 radical (unpaired) electrons. The lowest BCUT2D eigenvalue weighted by molar-refractivity contribution is -0.166. The minimum Gasteiger partial charge on any atom is -0.394 e. The first-order valence-electron chi connectivity index (χ1n) is 5.48. The molecule has 4 heteroatoms. The molecule has 1 N–H and O–H groups in total. The summed E-state index contributed by atoms with van der Waals surface area (Å²) in [6.07, 6.45) is 5.66. The number of morpholine rings is 1. The average Bonchev–Trinajstić information content (AvgIpc) is 2.23. The lowest BCUT2D eigenvalue weighted by atomic mass is 10.0. The Morgan fingerprint density at radius 3 is 2.94 bits per heavy atom.